The molecule has 0 aromatic carbocycles. The average Bonchev–Trinajstić information content (AvgIpc) is 2.87. The fraction of sp³-hybridized carbons (Fsp3) is 0.333. The molecule has 2 heterocycles. The molecule has 0 saturated carbocycles. The SMILES string of the molecule is CCn1ncnc1CC(=O)c1ncc[nH]1. The number of carbonyl (C=O) groups is 1. The molecule has 1 N–H and O–H groups in total. The van der Waals surface area contributed by atoms with Gasteiger partial charge < -0.3 is 4.98 Å². The third-order valence-electron chi connectivity index (χ3n) is 2.08. The molecule has 0 fully saturated rings. The summed E-state index contributed by atoms with van der Waals surface area (Å²) in [6.45, 7) is 2.66. The molecule has 0 spiro atoms. The van der Waals surface area contributed by atoms with Gasteiger partial charge >= 0.3 is 0 Å². The molecule has 0 amide bonds. The Labute approximate surface area is 86.4 Å². The van der Waals surface area contributed by atoms with Gasteiger partial charge in [-0.25, -0.2) is 14.6 Å². The number of nitrogens with one attached hydrogen (secondary N) is 1. The molecule has 2 aromatic heterocycles. The molecule has 0 aliphatic rings. The van der Waals surface area contributed by atoms with Crippen LogP contribution in [0.5, 0.6) is 0 Å². The van der Waals surface area contributed by atoms with Gasteiger partial charge in [-0.3, -0.25) is 4.79 Å². The molecule has 0 bridgehead atoms. The van der Waals surface area contributed by atoms with E-state index in [2.05, 4.69) is 20.1 Å². The van der Waals surface area contributed by atoms with E-state index in [1.807, 2.05) is 6.92 Å². The first kappa shape index (κ1) is 9.57. The maximum absolute atomic E-state index is 11.7. The van der Waals surface area contributed by atoms with Crippen LogP contribution in [-0.4, -0.2) is 30.5 Å². The molecular weight excluding hydrogens is 194 g/mol. The van der Waals surface area contributed by atoms with Gasteiger partial charge in [0.1, 0.15) is 12.2 Å². The van der Waals surface area contributed by atoms with Crippen LogP contribution in [0.4, 0.5) is 0 Å². The smallest absolute Gasteiger partial charge is 0.205 e. The van der Waals surface area contributed by atoms with Crippen molar-refractivity contribution in [3.8, 4) is 0 Å². The van der Waals surface area contributed by atoms with Gasteiger partial charge in [-0.1, -0.05) is 0 Å². The number of rotatable bonds is 4. The number of H-pyrrole nitrogens is 1. The predicted molar refractivity (Wildman–Crippen MR) is 52.3 cm³/mol. The predicted octanol–water partition coefficient (Wildman–Crippen LogP) is 0.446. The number of imidazole rings is 1. The van der Waals surface area contributed by atoms with Crippen molar-refractivity contribution in [2.75, 3.05) is 0 Å². The minimum absolute atomic E-state index is 0.0808. The van der Waals surface area contributed by atoms with Gasteiger partial charge in [-0.2, -0.15) is 5.10 Å². The normalized spacial score (nSPS) is 10.5. The maximum atomic E-state index is 11.7. The second kappa shape index (κ2) is 4.04. The lowest BCUT2D eigenvalue weighted by atomic mass is 10.2. The Morgan fingerprint density at radius 1 is 1.53 bits per heavy atom. The van der Waals surface area contributed by atoms with Crippen molar-refractivity contribution < 1.29 is 4.79 Å². The summed E-state index contributed by atoms with van der Waals surface area (Å²) in [6, 6.07) is 0. The molecule has 0 saturated heterocycles. The first-order chi connectivity index (χ1) is 7.31. The number of nitrogens with zero attached hydrogens (tertiary/aromatic N) is 4. The molecule has 15 heavy (non-hydrogen) atoms. The van der Waals surface area contributed by atoms with Crippen LogP contribution in [-0.2, 0) is 13.0 Å². The van der Waals surface area contributed by atoms with Crippen LogP contribution in [0.15, 0.2) is 18.7 Å². The molecule has 0 aliphatic heterocycles. The van der Waals surface area contributed by atoms with Crippen molar-refractivity contribution in [1.82, 2.24) is 24.7 Å². The lowest BCUT2D eigenvalue weighted by Gasteiger charge is -2.00. The van der Waals surface area contributed by atoms with Crippen LogP contribution in [0.25, 0.3) is 0 Å². The first-order valence-electron chi connectivity index (χ1n) is 4.70. The minimum atomic E-state index is -0.0808. The van der Waals surface area contributed by atoms with Crippen LogP contribution in [0.3, 0.4) is 0 Å². The topological polar surface area (TPSA) is 76.5 Å². The van der Waals surface area contributed by atoms with Gasteiger partial charge in [0.25, 0.3) is 0 Å². The fourth-order valence-electron chi connectivity index (χ4n) is 1.33. The minimum Gasteiger partial charge on any atom is -0.342 e. The number of ketones is 1. The zero-order chi connectivity index (χ0) is 10.7. The van der Waals surface area contributed by atoms with Crippen LogP contribution in [0.1, 0.15) is 23.4 Å². The third kappa shape index (κ3) is 1.93. The van der Waals surface area contributed by atoms with Crippen LogP contribution < -0.4 is 0 Å². The highest BCUT2D eigenvalue weighted by Gasteiger charge is 2.12. The van der Waals surface area contributed by atoms with Crippen molar-refractivity contribution in [3.05, 3.63) is 30.4 Å². The number of hydrogen-bond acceptors (Lipinski definition) is 4. The first-order valence-corrected chi connectivity index (χ1v) is 4.70. The highest BCUT2D eigenvalue weighted by Crippen LogP contribution is 2.00. The summed E-state index contributed by atoms with van der Waals surface area (Å²) in [5, 5.41) is 3.99. The van der Waals surface area contributed by atoms with E-state index in [1.54, 1.807) is 17.1 Å². The molecule has 0 radical (unpaired) electrons. The molecule has 2 aromatic rings. The average molecular weight is 205 g/mol. The molecule has 2 rings (SSSR count). The Morgan fingerprint density at radius 3 is 3.07 bits per heavy atom. The van der Waals surface area contributed by atoms with E-state index in [0.29, 0.717) is 18.2 Å². The highest BCUT2D eigenvalue weighted by molar-refractivity contribution is 5.93. The summed E-state index contributed by atoms with van der Waals surface area (Å²) in [5.74, 6) is 0.947. The Balaban J connectivity index is 2.13. The third-order valence-corrected chi connectivity index (χ3v) is 2.08. The Hall–Kier alpha value is -1.98. The van der Waals surface area contributed by atoms with E-state index in [4.69, 9.17) is 0 Å². The van der Waals surface area contributed by atoms with E-state index in [0.717, 1.165) is 0 Å². The standard InChI is InChI=1S/C9H11N5O/c1-2-14-8(12-6-13-14)5-7(15)9-10-3-4-11-9/h3-4,6H,2,5H2,1H3,(H,10,11). The summed E-state index contributed by atoms with van der Waals surface area (Å²) in [5.41, 5.74) is 0. The van der Waals surface area contributed by atoms with Crippen molar-refractivity contribution in [1.29, 1.82) is 0 Å². The molecule has 0 atom stereocenters. The van der Waals surface area contributed by atoms with Crippen molar-refractivity contribution >= 4 is 5.78 Å². The lowest BCUT2D eigenvalue weighted by Crippen LogP contribution is -2.11. The number of aromatic nitrogens is 5. The number of aromatic amines is 1. The molecular formula is C9H11N5O. The maximum Gasteiger partial charge on any atom is 0.205 e. The van der Waals surface area contributed by atoms with Gasteiger partial charge in [0.2, 0.25) is 5.78 Å². The molecule has 6 heteroatoms. The van der Waals surface area contributed by atoms with E-state index in [1.165, 1.54) is 6.33 Å². The Bertz CT molecular complexity index is 445. The van der Waals surface area contributed by atoms with Gasteiger partial charge in [-0.05, 0) is 6.92 Å². The zero-order valence-electron chi connectivity index (χ0n) is 8.34. The van der Waals surface area contributed by atoms with E-state index in [-0.39, 0.29) is 12.2 Å². The molecule has 6 nitrogen and oxygen atoms in total. The highest BCUT2D eigenvalue weighted by atomic mass is 16.1. The van der Waals surface area contributed by atoms with Gasteiger partial charge in [-0.15, -0.1) is 0 Å². The van der Waals surface area contributed by atoms with Crippen molar-refractivity contribution in [2.24, 2.45) is 0 Å². The van der Waals surface area contributed by atoms with Crippen LogP contribution in [0.2, 0.25) is 0 Å². The number of hydrogen-bond donors (Lipinski definition) is 1. The number of aryl methyl sites for hydroxylation is 1. The summed E-state index contributed by atoms with van der Waals surface area (Å²) in [6.07, 6.45) is 4.85. The molecule has 0 unspecified atom stereocenters. The Morgan fingerprint density at radius 2 is 2.40 bits per heavy atom. The zero-order valence-corrected chi connectivity index (χ0v) is 8.34. The quantitative estimate of drug-likeness (QED) is 0.735. The lowest BCUT2D eigenvalue weighted by molar-refractivity contribution is 0.0980. The van der Waals surface area contributed by atoms with E-state index in [9.17, 15) is 4.79 Å². The summed E-state index contributed by atoms with van der Waals surface area (Å²) in [7, 11) is 0. The van der Waals surface area contributed by atoms with E-state index < -0.39 is 0 Å². The summed E-state index contributed by atoms with van der Waals surface area (Å²) >= 11 is 0. The van der Waals surface area contributed by atoms with Crippen molar-refractivity contribution in [2.45, 2.75) is 19.9 Å². The second-order valence-electron chi connectivity index (χ2n) is 3.03. The van der Waals surface area contributed by atoms with Crippen LogP contribution >= 0.6 is 0 Å². The molecule has 78 valence electrons. The molecule has 0 aliphatic carbocycles. The van der Waals surface area contributed by atoms with Gasteiger partial charge in [0.05, 0.1) is 6.42 Å². The second-order valence-corrected chi connectivity index (χ2v) is 3.03. The Kier molecular flexibility index (Phi) is 2.57. The largest absolute Gasteiger partial charge is 0.342 e. The van der Waals surface area contributed by atoms with Crippen LogP contribution in [0, 0.1) is 0 Å². The summed E-state index contributed by atoms with van der Waals surface area (Å²) in [4.78, 5) is 22.4. The fourth-order valence-corrected chi connectivity index (χ4v) is 1.33. The monoisotopic (exact) mass is 205 g/mol. The summed E-state index contributed by atoms with van der Waals surface area (Å²) < 4.78 is 1.70. The number of Topliss-reactive ketones (excluding diaryl/α,β-unsaturated/α-hetero) is 1. The van der Waals surface area contributed by atoms with Gasteiger partial charge in [0, 0.05) is 18.9 Å². The van der Waals surface area contributed by atoms with Crippen molar-refractivity contribution in [3.63, 3.8) is 0 Å². The van der Waals surface area contributed by atoms with E-state index >= 15 is 0 Å². The number of carbonyl (C=O) groups excluding carboxylic acids is 1. The van der Waals surface area contributed by atoms with Gasteiger partial charge in [0.15, 0.2) is 5.82 Å².